The highest BCUT2D eigenvalue weighted by Crippen LogP contribution is 2.33. The smallest absolute Gasteiger partial charge is 0.411 e. The number of likely N-dealkylation sites (tertiary alicyclic amines) is 1. The van der Waals surface area contributed by atoms with Crippen molar-refractivity contribution in [1.29, 1.82) is 0 Å². The molecule has 2 amide bonds. The van der Waals surface area contributed by atoms with Crippen LogP contribution >= 0.6 is 0 Å². The van der Waals surface area contributed by atoms with Gasteiger partial charge in [0.1, 0.15) is 6.10 Å². The maximum atomic E-state index is 12.7. The molecule has 4 aromatic carbocycles. The molecule has 1 saturated carbocycles. The van der Waals surface area contributed by atoms with Gasteiger partial charge in [0.25, 0.3) is 0 Å². The van der Waals surface area contributed by atoms with Crippen molar-refractivity contribution in [2.24, 2.45) is 0 Å². The number of methoxy groups -OCH3 is 1. The highest BCUT2D eigenvalue weighted by molar-refractivity contribution is 5.92. The molecule has 262 valence electrons. The average Bonchev–Trinajstić information content (AvgIpc) is 3.66. The van der Waals surface area contributed by atoms with E-state index in [1.165, 1.54) is 12.8 Å². The van der Waals surface area contributed by atoms with E-state index in [1.807, 2.05) is 84.9 Å². The van der Waals surface area contributed by atoms with Crippen molar-refractivity contribution in [1.82, 2.24) is 10.2 Å². The molecule has 1 saturated heterocycles. The van der Waals surface area contributed by atoms with Crippen LogP contribution < -0.4 is 25.4 Å². The fraction of sp³-hybridized carbons (Fsp3) is 0.366. The first-order valence-electron chi connectivity index (χ1n) is 17.8. The van der Waals surface area contributed by atoms with Gasteiger partial charge in [-0.3, -0.25) is 10.1 Å². The molecular weight excluding hydrogens is 628 g/mol. The van der Waals surface area contributed by atoms with Crippen LogP contribution in [0.5, 0.6) is 11.5 Å². The summed E-state index contributed by atoms with van der Waals surface area (Å²) in [5.74, 6) is 1.58. The monoisotopic (exact) mass is 676 g/mol. The second-order valence-electron chi connectivity index (χ2n) is 13.1. The Hall–Kier alpha value is -4.86. The highest BCUT2D eigenvalue weighted by atomic mass is 16.6. The van der Waals surface area contributed by atoms with Gasteiger partial charge in [-0.25, -0.2) is 4.79 Å². The van der Waals surface area contributed by atoms with Crippen molar-refractivity contribution in [3.05, 3.63) is 108 Å². The first-order valence-corrected chi connectivity index (χ1v) is 17.8. The molecule has 1 heterocycles. The first kappa shape index (κ1) is 35.0. The molecule has 0 atom stereocenters. The molecule has 4 aromatic rings. The summed E-state index contributed by atoms with van der Waals surface area (Å²) in [6.07, 6.45) is 6.22. The van der Waals surface area contributed by atoms with E-state index < -0.39 is 6.09 Å². The summed E-state index contributed by atoms with van der Waals surface area (Å²) < 4.78 is 17.5. The number of hydrogen-bond donors (Lipinski definition) is 3. The molecule has 0 bridgehead atoms. The van der Waals surface area contributed by atoms with Crippen LogP contribution in [-0.4, -0.2) is 55.9 Å². The Labute approximate surface area is 295 Å². The number of carbonyl (C=O) groups is 2. The van der Waals surface area contributed by atoms with Crippen molar-refractivity contribution in [3.8, 4) is 22.6 Å². The average molecular weight is 677 g/mol. The largest absolute Gasteiger partial charge is 0.493 e. The van der Waals surface area contributed by atoms with Gasteiger partial charge in [-0.2, -0.15) is 0 Å². The molecule has 0 aromatic heterocycles. The molecule has 0 unspecified atom stereocenters. The summed E-state index contributed by atoms with van der Waals surface area (Å²) in [7, 11) is 1.68. The Balaban J connectivity index is 0.872. The van der Waals surface area contributed by atoms with E-state index in [-0.39, 0.29) is 18.1 Å². The standard InChI is InChI=1S/C41H48N4O5/c1-48-38-20-17-31(27-39(38)49-34-11-5-6-12-34)29-42-28-30-15-18-33(19-16-30)43-40(46)23-26-45-24-21-35(22-25-45)50-41(47)44-37-14-8-7-13-36(37)32-9-3-2-4-10-32/h2-4,7-10,13-20,27,34-35,42H,5-6,11-12,21-26,28-29H2,1H3,(H,43,46)(H,44,47). The van der Waals surface area contributed by atoms with Gasteiger partial charge in [-0.15, -0.1) is 0 Å². The van der Waals surface area contributed by atoms with Crippen LogP contribution in [0.1, 0.15) is 56.1 Å². The number of piperidine rings is 1. The van der Waals surface area contributed by atoms with E-state index >= 15 is 0 Å². The topological polar surface area (TPSA) is 101 Å². The third kappa shape index (κ3) is 10.1. The Morgan fingerprint density at radius 3 is 2.20 bits per heavy atom. The van der Waals surface area contributed by atoms with Gasteiger partial charge in [-0.05, 0) is 85.5 Å². The third-order valence-corrected chi connectivity index (χ3v) is 9.43. The summed E-state index contributed by atoms with van der Waals surface area (Å²) in [6, 6.07) is 31.8. The van der Waals surface area contributed by atoms with E-state index in [9.17, 15) is 9.59 Å². The summed E-state index contributed by atoms with van der Waals surface area (Å²) in [4.78, 5) is 27.7. The summed E-state index contributed by atoms with van der Waals surface area (Å²) in [6.45, 7) is 3.64. The second-order valence-corrected chi connectivity index (χ2v) is 13.1. The number of carbonyl (C=O) groups excluding carboxylic acids is 2. The van der Waals surface area contributed by atoms with Gasteiger partial charge in [0.05, 0.1) is 18.9 Å². The fourth-order valence-electron chi connectivity index (χ4n) is 6.65. The lowest BCUT2D eigenvalue weighted by Crippen LogP contribution is -2.39. The summed E-state index contributed by atoms with van der Waals surface area (Å²) in [5.41, 5.74) is 5.77. The molecule has 0 radical (unpaired) electrons. The van der Waals surface area contributed by atoms with Gasteiger partial charge in [0.2, 0.25) is 5.91 Å². The minimum absolute atomic E-state index is 0.0131. The van der Waals surface area contributed by atoms with E-state index in [1.54, 1.807) is 7.11 Å². The summed E-state index contributed by atoms with van der Waals surface area (Å²) in [5, 5.41) is 9.45. The predicted molar refractivity (Wildman–Crippen MR) is 198 cm³/mol. The zero-order valence-corrected chi connectivity index (χ0v) is 28.9. The number of nitrogens with zero attached hydrogens (tertiary/aromatic N) is 1. The van der Waals surface area contributed by atoms with Gasteiger partial charge < -0.3 is 29.7 Å². The number of anilines is 2. The molecular formula is C41H48N4O5. The second kappa shape index (κ2) is 17.7. The van der Waals surface area contributed by atoms with Crippen LogP contribution in [0.15, 0.2) is 97.1 Å². The first-order chi connectivity index (χ1) is 24.5. The third-order valence-electron chi connectivity index (χ3n) is 9.43. The molecule has 3 N–H and O–H groups in total. The van der Waals surface area contributed by atoms with Gasteiger partial charge in [0.15, 0.2) is 11.5 Å². The number of benzene rings is 4. The van der Waals surface area contributed by atoms with Crippen molar-refractivity contribution in [3.63, 3.8) is 0 Å². The minimum Gasteiger partial charge on any atom is -0.493 e. The zero-order valence-electron chi connectivity index (χ0n) is 28.9. The number of amides is 2. The predicted octanol–water partition coefficient (Wildman–Crippen LogP) is 8.02. The van der Waals surface area contributed by atoms with Crippen molar-refractivity contribution in [2.75, 3.05) is 37.4 Å². The van der Waals surface area contributed by atoms with Crippen molar-refractivity contribution >= 4 is 23.4 Å². The maximum absolute atomic E-state index is 12.7. The summed E-state index contributed by atoms with van der Waals surface area (Å²) >= 11 is 0. The lowest BCUT2D eigenvalue weighted by Gasteiger charge is -2.31. The SMILES string of the molecule is COc1ccc(CNCc2ccc(NC(=O)CCN3CCC(OC(=O)Nc4ccccc4-c4ccccc4)CC3)cc2)cc1OC1CCCC1. The fourth-order valence-corrected chi connectivity index (χ4v) is 6.65. The molecule has 9 heteroatoms. The van der Waals surface area contributed by atoms with E-state index in [4.69, 9.17) is 14.2 Å². The quantitative estimate of drug-likeness (QED) is 0.124. The van der Waals surface area contributed by atoms with Crippen LogP contribution in [0.2, 0.25) is 0 Å². The van der Waals surface area contributed by atoms with Crippen LogP contribution in [0.3, 0.4) is 0 Å². The maximum Gasteiger partial charge on any atom is 0.411 e. The molecule has 2 aliphatic rings. The highest BCUT2D eigenvalue weighted by Gasteiger charge is 2.23. The molecule has 6 rings (SSSR count). The Morgan fingerprint density at radius 2 is 1.44 bits per heavy atom. The van der Waals surface area contributed by atoms with E-state index in [0.29, 0.717) is 26.1 Å². The number of para-hydroxylation sites is 1. The van der Waals surface area contributed by atoms with Crippen molar-refractivity contribution in [2.45, 2.75) is 70.2 Å². The van der Waals surface area contributed by atoms with Crippen LogP contribution in [-0.2, 0) is 22.6 Å². The van der Waals surface area contributed by atoms with Gasteiger partial charge in [-0.1, -0.05) is 66.7 Å². The molecule has 2 fully saturated rings. The lowest BCUT2D eigenvalue weighted by atomic mass is 10.0. The van der Waals surface area contributed by atoms with Crippen LogP contribution in [0.25, 0.3) is 11.1 Å². The van der Waals surface area contributed by atoms with Gasteiger partial charge in [0, 0.05) is 50.4 Å². The normalized spacial score (nSPS) is 15.4. The van der Waals surface area contributed by atoms with Gasteiger partial charge >= 0.3 is 6.09 Å². The van der Waals surface area contributed by atoms with Crippen LogP contribution in [0, 0.1) is 0 Å². The van der Waals surface area contributed by atoms with Crippen LogP contribution in [0.4, 0.5) is 16.2 Å². The number of ether oxygens (including phenoxy) is 3. The molecule has 9 nitrogen and oxygen atoms in total. The molecule has 50 heavy (non-hydrogen) atoms. The minimum atomic E-state index is -0.441. The molecule has 0 spiro atoms. The van der Waals surface area contributed by atoms with Crippen molar-refractivity contribution < 1.29 is 23.8 Å². The van der Waals surface area contributed by atoms with E-state index in [0.717, 1.165) is 83.9 Å². The van der Waals surface area contributed by atoms with E-state index in [2.05, 4.69) is 33.0 Å². The zero-order chi connectivity index (χ0) is 34.5. The number of nitrogens with one attached hydrogen (secondary N) is 3. The Kier molecular flexibility index (Phi) is 12.4. The number of hydrogen-bond acceptors (Lipinski definition) is 7. The molecule has 1 aliphatic carbocycles. The molecule has 1 aliphatic heterocycles. The Bertz CT molecular complexity index is 1680. The lowest BCUT2D eigenvalue weighted by molar-refractivity contribution is -0.116. The Morgan fingerprint density at radius 1 is 0.740 bits per heavy atom. The number of rotatable bonds is 14.